The van der Waals surface area contributed by atoms with E-state index in [1.54, 1.807) is 0 Å². The molecule has 1 heterocycles. The Hall–Kier alpha value is -1.48. The molecule has 1 aromatic carbocycles. The van der Waals surface area contributed by atoms with Crippen molar-refractivity contribution in [2.24, 2.45) is 0 Å². The molecule has 0 aliphatic rings. The van der Waals surface area contributed by atoms with Crippen LogP contribution in [0.1, 0.15) is 10.4 Å². The second-order valence-corrected chi connectivity index (χ2v) is 8.17. The molecule has 1 N–H and O–H groups in total. The Labute approximate surface area is 147 Å². The Morgan fingerprint density at radius 1 is 1.22 bits per heavy atom. The van der Waals surface area contributed by atoms with Crippen molar-refractivity contribution in [3.05, 3.63) is 39.2 Å². The van der Waals surface area contributed by atoms with Crippen molar-refractivity contribution in [3.63, 3.8) is 0 Å². The lowest BCUT2D eigenvalue weighted by atomic mass is 10.2. The molecule has 0 aliphatic heterocycles. The number of anilines is 1. The Kier molecular flexibility index (Phi) is 5.41. The minimum atomic E-state index is -3.85. The highest BCUT2D eigenvalue weighted by Gasteiger charge is 2.21. The van der Waals surface area contributed by atoms with Gasteiger partial charge in [0.05, 0.1) is 24.9 Å². The van der Waals surface area contributed by atoms with E-state index in [-0.39, 0.29) is 30.6 Å². The van der Waals surface area contributed by atoms with Gasteiger partial charge < -0.3 is 9.47 Å². The van der Waals surface area contributed by atoms with Crippen LogP contribution < -0.4 is 9.46 Å². The number of esters is 1. The van der Waals surface area contributed by atoms with Crippen molar-refractivity contribution in [1.29, 1.82) is 0 Å². The first-order valence-electron chi connectivity index (χ1n) is 6.02. The van der Waals surface area contributed by atoms with E-state index in [0.717, 1.165) is 11.3 Å². The van der Waals surface area contributed by atoms with Crippen LogP contribution in [-0.4, -0.2) is 28.6 Å². The number of halogens is 2. The van der Waals surface area contributed by atoms with E-state index >= 15 is 0 Å². The molecule has 0 saturated carbocycles. The average molecular weight is 396 g/mol. The van der Waals surface area contributed by atoms with Crippen LogP contribution in [0.5, 0.6) is 5.75 Å². The van der Waals surface area contributed by atoms with Crippen LogP contribution in [0.2, 0.25) is 9.36 Å². The summed E-state index contributed by atoms with van der Waals surface area (Å²) in [6.07, 6.45) is 0. The molecular formula is C13H11Cl2NO5S2. The molecule has 1 aromatic heterocycles. The fourth-order valence-corrected chi connectivity index (χ4v) is 4.63. The molecule has 23 heavy (non-hydrogen) atoms. The van der Waals surface area contributed by atoms with Crippen molar-refractivity contribution in [3.8, 4) is 5.75 Å². The number of hydrogen-bond donors (Lipinski definition) is 1. The summed E-state index contributed by atoms with van der Waals surface area (Å²) >= 11 is 12.4. The number of thiophene rings is 1. The standard InChI is InChI=1S/C13H11Cl2NO5S2/c1-20-10-5-7(3-4-8(10)13(17)21-2)16-23(18,19)11-6-9(14)12(15)22-11/h3-6,16H,1-2H3. The molecule has 0 spiro atoms. The summed E-state index contributed by atoms with van der Waals surface area (Å²) in [5, 5.41) is 0.163. The minimum absolute atomic E-state index is 0.0245. The third-order valence-electron chi connectivity index (χ3n) is 2.75. The topological polar surface area (TPSA) is 81.7 Å². The zero-order chi connectivity index (χ0) is 17.2. The molecule has 0 bridgehead atoms. The van der Waals surface area contributed by atoms with Crippen LogP contribution in [0.15, 0.2) is 28.5 Å². The molecular weight excluding hydrogens is 385 g/mol. The fourth-order valence-electron chi connectivity index (χ4n) is 1.70. The van der Waals surface area contributed by atoms with E-state index < -0.39 is 16.0 Å². The monoisotopic (exact) mass is 395 g/mol. The summed E-state index contributed by atoms with van der Waals surface area (Å²) in [4.78, 5) is 11.6. The number of benzene rings is 1. The minimum Gasteiger partial charge on any atom is -0.496 e. The van der Waals surface area contributed by atoms with Gasteiger partial charge in [0.25, 0.3) is 10.0 Å². The van der Waals surface area contributed by atoms with Crippen molar-refractivity contribution < 1.29 is 22.7 Å². The Morgan fingerprint density at radius 3 is 2.43 bits per heavy atom. The quantitative estimate of drug-likeness (QED) is 0.781. The van der Waals surface area contributed by atoms with Crippen molar-refractivity contribution in [1.82, 2.24) is 0 Å². The van der Waals surface area contributed by atoms with Crippen LogP contribution in [0.4, 0.5) is 5.69 Å². The van der Waals surface area contributed by atoms with Crippen LogP contribution in [0.25, 0.3) is 0 Å². The third-order valence-corrected chi connectivity index (χ3v) is 6.47. The van der Waals surface area contributed by atoms with Crippen LogP contribution in [0, 0.1) is 0 Å². The lowest BCUT2D eigenvalue weighted by molar-refractivity contribution is 0.0597. The van der Waals surface area contributed by atoms with Gasteiger partial charge in [0.2, 0.25) is 0 Å². The second kappa shape index (κ2) is 6.96. The normalized spacial score (nSPS) is 11.1. The smallest absolute Gasteiger partial charge is 0.341 e. The zero-order valence-corrected chi connectivity index (χ0v) is 15.1. The lowest BCUT2D eigenvalue weighted by Gasteiger charge is -2.10. The van der Waals surface area contributed by atoms with Crippen LogP contribution in [0.3, 0.4) is 0 Å². The van der Waals surface area contributed by atoms with Gasteiger partial charge in [0, 0.05) is 6.07 Å². The van der Waals surface area contributed by atoms with Crippen molar-refractivity contribution in [2.45, 2.75) is 4.21 Å². The molecule has 124 valence electrons. The highest BCUT2D eigenvalue weighted by atomic mass is 35.5. The van der Waals surface area contributed by atoms with Crippen LogP contribution in [-0.2, 0) is 14.8 Å². The summed E-state index contributed by atoms with van der Waals surface area (Å²) in [6.45, 7) is 0. The molecule has 0 aliphatic carbocycles. The molecule has 0 fully saturated rings. The number of methoxy groups -OCH3 is 2. The van der Waals surface area contributed by atoms with Gasteiger partial charge in [-0.2, -0.15) is 0 Å². The molecule has 0 unspecified atom stereocenters. The van der Waals surface area contributed by atoms with Gasteiger partial charge >= 0.3 is 5.97 Å². The second-order valence-electron chi connectivity index (χ2n) is 4.20. The number of nitrogens with one attached hydrogen (secondary N) is 1. The van der Waals surface area contributed by atoms with Crippen molar-refractivity contribution in [2.75, 3.05) is 18.9 Å². The number of carbonyl (C=O) groups excluding carboxylic acids is 1. The van der Waals surface area contributed by atoms with E-state index in [1.807, 2.05) is 0 Å². The third kappa shape index (κ3) is 3.89. The number of rotatable bonds is 5. The number of hydrogen-bond acceptors (Lipinski definition) is 6. The molecule has 0 radical (unpaired) electrons. The lowest BCUT2D eigenvalue weighted by Crippen LogP contribution is -2.12. The first kappa shape index (κ1) is 17.9. The predicted octanol–water partition coefficient (Wildman–Crippen LogP) is 3.65. The van der Waals surface area contributed by atoms with E-state index in [1.165, 1.54) is 38.5 Å². The summed E-state index contributed by atoms with van der Waals surface area (Å²) in [7, 11) is -1.25. The van der Waals surface area contributed by atoms with Crippen molar-refractivity contribution >= 4 is 56.2 Å². The predicted molar refractivity (Wildman–Crippen MR) is 89.5 cm³/mol. The number of carbonyl (C=O) groups is 1. The van der Waals surface area contributed by atoms with Crippen LogP contribution >= 0.6 is 34.5 Å². The fraction of sp³-hybridized carbons (Fsp3) is 0.154. The maximum Gasteiger partial charge on any atom is 0.341 e. The van der Waals surface area contributed by atoms with E-state index in [9.17, 15) is 13.2 Å². The first-order chi connectivity index (χ1) is 10.8. The Balaban J connectivity index is 2.34. The summed E-state index contributed by atoms with van der Waals surface area (Å²) in [5.41, 5.74) is 0.398. The highest BCUT2D eigenvalue weighted by molar-refractivity contribution is 7.94. The number of sulfonamides is 1. The zero-order valence-electron chi connectivity index (χ0n) is 11.9. The van der Waals surface area contributed by atoms with Gasteiger partial charge in [0.1, 0.15) is 19.9 Å². The molecule has 0 saturated heterocycles. The van der Waals surface area contributed by atoms with E-state index in [0.29, 0.717) is 0 Å². The van der Waals surface area contributed by atoms with Gasteiger partial charge in [-0.05, 0) is 18.2 Å². The summed E-state index contributed by atoms with van der Waals surface area (Å²) in [6, 6.07) is 5.46. The van der Waals surface area contributed by atoms with Gasteiger partial charge in [-0.1, -0.05) is 23.2 Å². The largest absolute Gasteiger partial charge is 0.496 e. The summed E-state index contributed by atoms with van der Waals surface area (Å²) in [5.74, 6) is -0.410. The highest BCUT2D eigenvalue weighted by Crippen LogP contribution is 2.35. The SMILES string of the molecule is COC(=O)c1ccc(NS(=O)(=O)c2cc(Cl)c(Cl)s2)cc1OC. The number of ether oxygens (including phenoxy) is 2. The average Bonchev–Trinajstić information content (AvgIpc) is 2.86. The molecule has 0 atom stereocenters. The Bertz CT molecular complexity index is 829. The van der Waals surface area contributed by atoms with Gasteiger partial charge in [0.15, 0.2) is 0 Å². The molecule has 0 amide bonds. The van der Waals surface area contributed by atoms with E-state index in [4.69, 9.17) is 27.9 Å². The van der Waals surface area contributed by atoms with Gasteiger partial charge in [-0.15, -0.1) is 11.3 Å². The maximum absolute atomic E-state index is 12.3. The first-order valence-corrected chi connectivity index (χ1v) is 9.08. The molecule has 2 aromatic rings. The van der Waals surface area contributed by atoms with Gasteiger partial charge in [-0.3, -0.25) is 4.72 Å². The molecule has 2 rings (SSSR count). The summed E-state index contributed by atoms with van der Waals surface area (Å²) < 4.78 is 36.8. The van der Waals surface area contributed by atoms with Gasteiger partial charge in [-0.25, -0.2) is 13.2 Å². The molecule has 10 heteroatoms. The molecule has 6 nitrogen and oxygen atoms in total. The maximum atomic E-state index is 12.3. The Morgan fingerprint density at radius 2 is 1.91 bits per heavy atom. The van der Waals surface area contributed by atoms with E-state index in [2.05, 4.69) is 9.46 Å².